The monoisotopic (exact) mass is 256 g/mol. The first-order valence-corrected chi connectivity index (χ1v) is 6.75. The van der Waals surface area contributed by atoms with Crippen LogP contribution in [0.3, 0.4) is 0 Å². The van der Waals surface area contributed by atoms with Crippen molar-refractivity contribution >= 4 is 15.7 Å². The van der Waals surface area contributed by atoms with Gasteiger partial charge in [0, 0.05) is 12.2 Å². The number of sulfonamides is 1. The SMILES string of the molecule is C=CCNS(=O)(=O)CCOc1ccc(N)cc1. The zero-order valence-electron chi connectivity index (χ0n) is 9.43. The number of benzene rings is 1. The molecule has 0 fully saturated rings. The second-order valence-electron chi connectivity index (χ2n) is 3.37. The number of nitrogens with one attached hydrogen (secondary N) is 1. The van der Waals surface area contributed by atoms with Crippen molar-refractivity contribution in [3.8, 4) is 5.75 Å². The van der Waals surface area contributed by atoms with Gasteiger partial charge in [0.05, 0.1) is 5.75 Å². The lowest BCUT2D eigenvalue weighted by atomic mass is 10.3. The predicted molar refractivity (Wildman–Crippen MR) is 68.3 cm³/mol. The molecule has 0 saturated carbocycles. The molecule has 94 valence electrons. The summed E-state index contributed by atoms with van der Waals surface area (Å²) in [5, 5.41) is 0. The van der Waals surface area contributed by atoms with Gasteiger partial charge in [-0.25, -0.2) is 13.1 Å². The first kappa shape index (κ1) is 13.5. The summed E-state index contributed by atoms with van der Waals surface area (Å²) >= 11 is 0. The molecule has 1 aromatic rings. The van der Waals surface area contributed by atoms with E-state index < -0.39 is 10.0 Å². The van der Waals surface area contributed by atoms with Crippen LogP contribution >= 0.6 is 0 Å². The summed E-state index contributed by atoms with van der Waals surface area (Å²) in [6.07, 6.45) is 1.48. The van der Waals surface area contributed by atoms with Gasteiger partial charge in [-0.05, 0) is 24.3 Å². The fraction of sp³-hybridized carbons (Fsp3) is 0.273. The normalized spacial score (nSPS) is 11.1. The Morgan fingerprint density at radius 1 is 1.35 bits per heavy atom. The Balaban J connectivity index is 2.37. The zero-order chi connectivity index (χ0) is 12.7. The van der Waals surface area contributed by atoms with Crippen LogP contribution in [0, 0.1) is 0 Å². The van der Waals surface area contributed by atoms with E-state index in [0.717, 1.165) is 0 Å². The maximum Gasteiger partial charge on any atom is 0.215 e. The fourth-order valence-electron chi connectivity index (χ4n) is 1.09. The van der Waals surface area contributed by atoms with Gasteiger partial charge in [-0.15, -0.1) is 6.58 Å². The molecule has 0 bridgehead atoms. The molecule has 0 aliphatic rings. The van der Waals surface area contributed by atoms with E-state index >= 15 is 0 Å². The molecule has 17 heavy (non-hydrogen) atoms. The van der Waals surface area contributed by atoms with Crippen LogP contribution in [0.1, 0.15) is 0 Å². The summed E-state index contributed by atoms with van der Waals surface area (Å²) in [6, 6.07) is 6.78. The highest BCUT2D eigenvalue weighted by Gasteiger charge is 2.08. The quantitative estimate of drug-likeness (QED) is 0.557. The third-order valence-corrected chi connectivity index (χ3v) is 3.26. The molecule has 0 amide bonds. The summed E-state index contributed by atoms with van der Waals surface area (Å²) in [4.78, 5) is 0. The van der Waals surface area contributed by atoms with E-state index in [0.29, 0.717) is 11.4 Å². The smallest absolute Gasteiger partial charge is 0.215 e. The lowest BCUT2D eigenvalue weighted by Crippen LogP contribution is -2.29. The number of anilines is 1. The molecular formula is C11H16N2O3S. The first-order chi connectivity index (χ1) is 8.03. The third-order valence-electron chi connectivity index (χ3n) is 1.95. The van der Waals surface area contributed by atoms with Crippen molar-refractivity contribution in [1.29, 1.82) is 0 Å². The molecule has 0 radical (unpaired) electrons. The molecule has 0 spiro atoms. The van der Waals surface area contributed by atoms with Crippen molar-refractivity contribution in [3.63, 3.8) is 0 Å². The molecule has 1 aromatic carbocycles. The van der Waals surface area contributed by atoms with Gasteiger partial charge in [-0.1, -0.05) is 6.08 Å². The molecule has 0 heterocycles. The maximum atomic E-state index is 11.4. The van der Waals surface area contributed by atoms with Gasteiger partial charge in [-0.3, -0.25) is 0 Å². The van der Waals surface area contributed by atoms with Gasteiger partial charge in [0.25, 0.3) is 0 Å². The van der Waals surface area contributed by atoms with E-state index in [1.165, 1.54) is 6.08 Å². The second-order valence-corrected chi connectivity index (χ2v) is 5.30. The van der Waals surface area contributed by atoms with E-state index in [-0.39, 0.29) is 18.9 Å². The second kappa shape index (κ2) is 6.27. The standard InChI is InChI=1S/C11H16N2O3S/c1-2-7-13-17(14,15)9-8-16-11-5-3-10(12)4-6-11/h2-6,13H,1,7-9,12H2. The maximum absolute atomic E-state index is 11.4. The largest absolute Gasteiger partial charge is 0.492 e. The van der Waals surface area contributed by atoms with E-state index in [4.69, 9.17) is 10.5 Å². The van der Waals surface area contributed by atoms with Crippen molar-refractivity contribution in [3.05, 3.63) is 36.9 Å². The predicted octanol–water partition coefficient (Wildman–Crippen LogP) is 0.753. The number of rotatable bonds is 7. The van der Waals surface area contributed by atoms with Crippen LogP contribution in [0.25, 0.3) is 0 Å². The van der Waals surface area contributed by atoms with Crippen LogP contribution in [-0.4, -0.2) is 27.3 Å². The highest BCUT2D eigenvalue weighted by atomic mass is 32.2. The molecule has 0 aliphatic carbocycles. The molecule has 0 saturated heterocycles. The summed E-state index contributed by atoms with van der Waals surface area (Å²) in [6.45, 7) is 3.75. The molecule has 3 N–H and O–H groups in total. The lowest BCUT2D eigenvalue weighted by Gasteiger charge is -2.07. The average Bonchev–Trinajstić information content (AvgIpc) is 2.29. The average molecular weight is 256 g/mol. The number of hydrogen-bond donors (Lipinski definition) is 2. The van der Waals surface area contributed by atoms with Gasteiger partial charge in [0.1, 0.15) is 12.4 Å². The Morgan fingerprint density at radius 3 is 2.59 bits per heavy atom. The van der Waals surface area contributed by atoms with Crippen LogP contribution in [-0.2, 0) is 10.0 Å². The van der Waals surface area contributed by atoms with Crippen molar-refractivity contribution in [1.82, 2.24) is 4.72 Å². The molecule has 1 rings (SSSR count). The Labute approximate surface area is 101 Å². The Morgan fingerprint density at radius 2 is 2.00 bits per heavy atom. The van der Waals surface area contributed by atoms with E-state index in [1.54, 1.807) is 24.3 Å². The van der Waals surface area contributed by atoms with E-state index in [2.05, 4.69) is 11.3 Å². The molecule has 0 atom stereocenters. The van der Waals surface area contributed by atoms with Crippen LogP contribution in [0.2, 0.25) is 0 Å². The number of nitrogen functional groups attached to an aromatic ring is 1. The topological polar surface area (TPSA) is 81.4 Å². The van der Waals surface area contributed by atoms with Gasteiger partial charge in [-0.2, -0.15) is 0 Å². The summed E-state index contributed by atoms with van der Waals surface area (Å²) < 4.78 is 30.4. The number of hydrogen-bond acceptors (Lipinski definition) is 4. The van der Waals surface area contributed by atoms with Crippen LogP contribution in [0.4, 0.5) is 5.69 Å². The van der Waals surface area contributed by atoms with Crippen molar-refractivity contribution < 1.29 is 13.2 Å². The summed E-state index contributed by atoms with van der Waals surface area (Å²) in [5.74, 6) is 0.503. The first-order valence-electron chi connectivity index (χ1n) is 5.10. The van der Waals surface area contributed by atoms with Gasteiger partial charge < -0.3 is 10.5 Å². The van der Waals surface area contributed by atoms with E-state index in [9.17, 15) is 8.42 Å². The van der Waals surface area contributed by atoms with Crippen molar-refractivity contribution in [2.24, 2.45) is 0 Å². The number of nitrogens with two attached hydrogens (primary N) is 1. The molecule has 5 nitrogen and oxygen atoms in total. The van der Waals surface area contributed by atoms with Crippen molar-refractivity contribution in [2.75, 3.05) is 24.6 Å². The van der Waals surface area contributed by atoms with Gasteiger partial charge in [0.2, 0.25) is 10.0 Å². The minimum Gasteiger partial charge on any atom is -0.492 e. The molecule has 0 aromatic heterocycles. The molecule has 0 aliphatic heterocycles. The molecule has 0 unspecified atom stereocenters. The Kier molecular flexibility index (Phi) is 4.99. The molecular weight excluding hydrogens is 240 g/mol. The van der Waals surface area contributed by atoms with Crippen LogP contribution in [0.15, 0.2) is 36.9 Å². The lowest BCUT2D eigenvalue weighted by molar-refractivity contribution is 0.340. The highest BCUT2D eigenvalue weighted by Crippen LogP contribution is 2.12. The Bertz CT molecular complexity index is 454. The zero-order valence-corrected chi connectivity index (χ0v) is 10.2. The highest BCUT2D eigenvalue weighted by molar-refractivity contribution is 7.89. The Hall–Kier alpha value is -1.53. The van der Waals surface area contributed by atoms with Gasteiger partial charge >= 0.3 is 0 Å². The molecule has 6 heteroatoms. The summed E-state index contributed by atoms with van der Waals surface area (Å²) in [7, 11) is -3.29. The fourth-order valence-corrected chi connectivity index (χ4v) is 1.91. The third kappa shape index (κ3) is 5.37. The van der Waals surface area contributed by atoms with Crippen LogP contribution in [0.5, 0.6) is 5.75 Å². The van der Waals surface area contributed by atoms with Crippen LogP contribution < -0.4 is 15.2 Å². The van der Waals surface area contributed by atoms with E-state index in [1.807, 2.05) is 0 Å². The van der Waals surface area contributed by atoms with Crippen molar-refractivity contribution in [2.45, 2.75) is 0 Å². The number of ether oxygens (including phenoxy) is 1. The minimum absolute atomic E-state index is 0.0920. The van der Waals surface area contributed by atoms with Gasteiger partial charge in [0.15, 0.2) is 0 Å². The summed E-state index contributed by atoms with van der Waals surface area (Å²) in [5.41, 5.74) is 6.15. The minimum atomic E-state index is -3.29.